The van der Waals surface area contributed by atoms with Crippen LogP contribution in [-0.4, -0.2) is 0 Å². The molecule has 1 aliphatic carbocycles. The van der Waals surface area contributed by atoms with E-state index in [9.17, 15) is 0 Å². The fraction of sp³-hybridized carbons (Fsp3) is 0.238. The topological polar surface area (TPSA) is 0 Å². The van der Waals surface area contributed by atoms with Gasteiger partial charge in [0.2, 0.25) is 0 Å². The molecule has 0 aromatic rings. The Hall–Kier alpha value is -2.08. The van der Waals surface area contributed by atoms with E-state index < -0.39 is 0 Å². The minimum atomic E-state index is 0.889. The van der Waals surface area contributed by atoms with Gasteiger partial charge in [-0.1, -0.05) is 88.8 Å². The van der Waals surface area contributed by atoms with E-state index in [1.165, 1.54) is 5.57 Å². The maximum Gasteiger partial charge on any atom is -0.0163 e. The van der Waals surface area contributed by atoms with Crippen molar-refractivity contribution in [3.05, 3.63) is 97.2 Å². The molecule has 0 bridgehead atoms. The van der Waals surface area contributed by atoms with Gasteiger partial charge in [-0.3, -0.25) is 0 Å². The van der Waals surface area contributed by atoms with Gasteiger partial charge in [0.05, 0.1) is 0 Å². The van der Waals surface area contributed by atoms with Gasteiger partial charge in [0.15, 0.2) is 0 Å². The average Bonchev–Trinajstić information content (AvgIpc) is 2.81. The molecule has 0 spiro atoms. The zero-order chi connectivity index (χ0) is 16.1. The standard InChI is InChI=1S/C19H22.C2H6/c1-5-6-11-16(2)17(3)14-15-18(4)19-12-9-7-8-10-13-19;1-2/h5-8,11-12,14-15H,1-4,9-10,13H2;1-2H3/b11-6-,15-14-;. The molecule has 1 rings (SSSR count). The van der Waals surface area contributed by atoms with Crippen LogP contribution >= 0.6 is 0 Å². The first-order valence-electron chi connectivity index (χ1n) is 7.54. The highest BCUT2D eigenvalue weighted by Crippen LogP contribution is 2.21. The molecule has 0 radical (unpaired) electrons. The Bertz CT molecular complexity index is 490. The summed E-state index contributed by atoms with van der Waals surface area (Å²) in [5.74, 6) is 0. The predicted octanol–water partition coefficient (Wildman–Crippen LogP) is 6.65. The van der Waals surface area contributed by atoms with Crippen molar-refractivity contribution >= 4 is 0 Å². The fourth-order valence-corrected chi connectivity index (χ4v) is 1.76. The van der Waals surface area contributed by atoms with Crippen molar-refractivity contribution in [3.8, 4) is 0 Å². The summed E-state index contributed by atoms with van der Waals surface area (Å²) in [7, 11) is 0. The van der Waals surface area contributed by atoms with Gasteiger partial charge < -0.3 is 0 Å². The molecule has 1 aliphatic rings. The van der Waals surface area contributed by atoms with Crippen LogP contribution in [-0.2, 0) is 0 Å². The molecule has 0 unspecified atom stereocenters. The molecule has 0 fully saturated rings. The molecule has 0 amide bonds. The Morgan fingerprint density at radius 3 is 2.33 bits per heavy atom. The summed E-state index contributed by atoms with van der Waals surface area (Å²) in [6, 6.07) is 0. The Labute approximate surface area is 131 Å². The van der Waals surface area contributed by atoms with Crippen LogP contribution in [0.3, 0.4) is 0 Å². The molecule has 0 heteroatoms. The van der Waals surface area contributed by atoms with Gasteiger partial charge in [0.25, 0.3) is 0 Å². The van der Waals surface area contributed by atoms with Crippen molar-refractivity contribution in [1.29, 1.82) is 0 Å². The van der Waals surface area contributed by atoms with Crippen molar-refractivity contribution < 1.29 is 0 Å². The van der Waals surface area contributed by atoms with Gasteiger partial charge in [0, 0.05) is 0 Å². The Morgan fingerprint density at radius 2 is 1.67 bits per heavy atom. The van der Waals surface area contributed by atoms with Gasteiger partial charge in [-0.2, -0.15) is 0 Å². The monoisotopic (exact) mass is 280 g/mol. The molecule has 0 N–H and O–H groups in total. The van der Waals surface area contributed by atoms with Crippen LogP contribution in [0.5, 0.6) is 0 Å². The lowest BCUT2D eigenvalue weighted by atomic mass is 10.0. The van der Waals surface area contributed by atoms with Gasteiger partial charge in [-0.05, 0) is 41.6 Å². The van der Waals surface area contributed by atoms with E-state index in [0.717, 1.165) is 36.0 Å². The summed E-state index contributed by atoms with van der Waals surface area (Å²) in [5.41, 5.74) is 4.17. The first kappa shape index (κ1) is 18.9. The molecule has 0 aliphatic heterocycles. The van der Waals surface area contributed by atoms with Gasteiger partial charge in [-0.25, -0.2) is 0 Å². The Balaban J connectivity index is 0.00000191. The summed E-state index contributed by atoms with van der Waals surface area (Å²) < 4.78 is 0. The smallest absolute Gasteiger partial charge is 0.0163 e. The maximum absolute atomic E-state index is 4.13. The number of allylic oxidation sites excluding steroid dienone is 12. The zero-order valence-corrected chi connectivity index (χ0v) is 13.6. The molecule has 0 saturated carbocycles. The summed E-state index contributed by atoms with van der Waals surface area (Å²) in [5, 5.41) is 0. The van der Waals surface area contributed by atoms with Crippen LogP contribution < -0.4 is 0 Å². The number of hydrogen-bond acceptors (Lipinski definition) is 0. The zero-order valence-electron chi connectivity index (χ0n) is 13.6. The first-order chi connectivity index (χ1) is 10.1. The van der Waals surface area contributed by atoms with Crippen molar-refractivity contribution in [3.63, 3.8) is 0 Å². The third kappa shape index (κ3) is 7.94. The van der Waals surface area contributed by atoms with E-state index in [4.69, 9.17) is 0 Å². The highest BCUT2D eigenvalue weighted by molar-refractivity contribution is 5.47. The number of rotatable bonds is 6. The largest absolute Gasteiger partial charge is 0.0991 e. The number of hydrogen-bond donors (Lipinski definition) is 0. The summed E-state index contributed by atoms with van der Waals surface area (Å²) in [6.07, 6.45) is 19.3. The van der Waals surface area contributed by atoms with Crippen molar-refractivity contribution in [2.24, 2.45) is 0 Å². The molecular weight excluding hydrogens is 252 g/mol. The highest BCUT2D eigenvalue weighted by Gasteiger charge is 2.01. The second-order valence-electron chi connectivity index (χ2n) is 4.48. The first-order valence-corrected chi connectivity index (χ1v) is 7.54. The normalized spacial score (nSPS) is 14.1. The molecule has 0 aromatic heterocycles. The molecule has 112 valence electrons. The average molecular weight is 280 g/mol. The third-order valence-electron chi connectivity index (χ3n) is 2.99. The molecule has 0 atom stereocenters. The van der Waals surface area contributed by atoms with Crippen molar-refractivity contribution in [1.82, 2.24) is 0 Å². The molecule has 0 heterocycles. The van der Waals surface area contributed by atoms with Crippen LogP contribution in [0.25, 0.3) is 0 Å². The second kappa shape index (κ2) is 11.7. The summed E-state index contributed by atoms with van der Waals surface area (Å²) >= 11 is 0. The van der Waals surface area contributed by atoms with Gasteiger partial charge in [0.1, 0.15) is 0 Å². The van der Waals surface area contributed by atoms with Gasteiger partial charge in [-0.15, -0.1) is 0 Å². The summed E-state index contributed by atoms with van der Waals surface area (Å²) in [4.78, 5) is 0. The van der Waals surface area contributed by atoms with Crippen LogP contribution in [0.15, 0.2) is 97.2 Å². The molecule has 0 nitrogen and oxygen atoms in total. The van der Waals surface area contributed by atoms with Crippen molar-refractivity contribution in [2.75, 3.05) is 0 Å². The molecule has 21 heavy (non-hydrogen) atoms. The van der Waals surface area contributed by atoms with Gasteiger partial charge >= 0.3 is 0 Å². The maximum atomic E-state index is 4.13. The highest BCUT2D eigenvalue weighted by atomic mass is 14.1. The molecular formula is C21H28. The summed E-state index contributed by atoms with van der Waals surface area (Å²) in [6.45, 7) is 19.7. The van der Waals surface area contributed by atoms with Crippen LogP contribution in [0.1, 0.15) is 33.1 Å². The fourth-order valence-electron chi connectivity index (χ4n) is 1.76. The molecule has 0 saturated heterocycles. The van der Waals surface area contributed by atoms with E-state index in [1.54, 1.807) is 6.08 Å². The SMILES string of the molecule is C=C/C=C\C(=C)C(=C)/C=C\C(=C)C1=CCC=CCC1.CC. The molecule has 0 aromatic carbocycles. The van der Waals surface area contributed by atoms with Crippen molar-refractivity contribution in [2.45, 2.75) is 33.1 Å². The van der Waals surface area contributed by atoms with Crippen LogP contribution in [0, 0.1) is 0 Å². The minimum absolute atomic E-state index is 0.889. The third-order valence-corrected chi connectivity index (χ3v) is 2.99. The predicted molar refractivity (Wildman–Crippen MR) is 98.3 cm³/mol. The van der Waals surface area contributed by atoms with E-state index in [2.05, 4.69) is 44.5 Å². The van der Waals surface area contributed by atoms with E-state index in [0.29, 0.717) is 0 Å². The Kier molecular flexibility index (Phi) is 10.6. The van der Waals surface area contributed by atoms with E-state index in [-0.39, 0.29) is 0 Å². The lowest BCUT2D eigenvalue weighted by Gasteiger charge is -2.05. The van der Waals surface area contributed by atoms with E-state index in [1.807, 2.05) is 38.2 Å². The lowest BCUT2D eigenvalue weighted by molar-refractivity contribution is 1.00. The van der Waals surface area contributed by atoms with E-state index >= 15 is 0 Å². The second-order valence-corrected chi connectivity index (χ2v) is 4.48. The minimum Gasteiger partial charge on any atom is -0.0991 e. The van der Waals surface area contributed by atoms with Crippen LogP contribution in [0.2, 0.25) is 0 Å². The van der Waals surface area contributed by atoms with Crippen LogP contribution in [0.4, 0.5) is 0 Å². The quantitative estimate of drug-likeness (QED) is 0.377. The lowest BCUT2D eigenvalue weighted by Crippen LogP contribution is -1.86. The Morgan fingerprint density at radius 1 is 1.00 bits per heavy atom.